The number of carbonyl (C=O) groups is 1. The van der Waals surface area contributed by atoms with Gasteiger partial charge in [-0.1, -0.05) is 12.1 Å². The summed E-state index contributed by atoms with van der Waals surface area (Å²) in [6.45, 7) is 0.430. The van der Waals surface area contributed by atoms with Crippen LogP contribution in [0.5, 0.6) is 5.75 Å². The number of nitrogens with zero attached hydrogens (tertiary/aromatic N) is 1. The Morgan fingerprint density at radius 3 is 2.36 bits per heavy atom. The maximum atomic E-state index is 13.5. The highest BCUT2D eigenvalue weighted by molar-refractivity contribution is 7.89. The van der Waals surface area contributed by atoms with Crippen LogP contribution in [-0.4, -0.2) is 45.0 Å². The van der Waals surface area contributed by atoms with E-state index in [4.69, 9.17) is 4.74 Å². The Labute approximate surface area is 162 Å². The van der Waals surface area contributed by atoms with Crippen molar-refractivity contribution in [3.8, 4) is 5.75 Å². The molecule has 9 heteroatoms. The number of halogens is 2. The standard InChI is InChI=1S/C19H20F2N2O4S/c20-14-5-7-16(8-6-14)28(25,26)22-15-9-11-23(12-10-15)19(24)13-27-18-4-2-1-3-17(18)21/h1-8,15,22H,9-13H2. The van der Waals surface area contributed by atoms with Gasteiger partial charge < -0.3 is 9.64 Å². The van der Waals surface area contributed by atoms with E-state index in [1.807, 2.05) is 0 Å². The van der Waals surface area contributed by atoms with Crippen molar-refractivity contribution >= 4 is 15.9 Å². The van der Waals surface area contributed by atoms with E-state index in [1.165, 1.54) is 30.3 Å². The molecular weight excluding hydrogens is 390 g/mol. The lowest BCUT2D eigenvalue weighted by atomic mass is 10.1. The molecule has 1 saturated heterocycles. The predicted octanol–water partition coefficient (Wildman–Crippen LogP) is 2.31. The first-order valence-corrected chi connectivity index (χ1v) is 10.3. The van der Waals surface area contributed by atoms with E-state index in [-0.39, 0.29) is 29.2 Å². The van der Waals surface area contributed by atoms with Crippen molar-refractivity contribution in [3.05, 3.63) is 60.2 Å². The monoisotopic (exact) mass is 410 g/mol. The number of para-hydroxylation sites is 1. The second-order valence-corrected chi connectivity index (χ2v) is 8.16. The molecule has 0 aliphatic carbocycles. The molecule has 3 rings (SSSR count). The molecule has 0 atom stereocenters. The fourth-order valence-corrected chi connectivity index (χ4v) is 4.25. The molecule has 0 radical (unpaired) electrons. The molecule has 1 amide bonds. The molecule has 6 nitrogen and oxygen atoms in total. The summed E-state index contributed by atoms with van der Waals surface area (Å²) < 4.78 is 59.0. The van der Waals surface area contributed by atoms with Gasteiger partial charge in [0.25, 0.3) is 5.91 Å². The Hall–Kier alpha value is -2.52. The van der Waals surface area contributed by atoms with Gasteiger partial charge in [-0.2, -0.15) is 0 Å². The lowest BCUT2D eigenvalue weighted by Crippen LogP contribution is -2.47. The quantitative estimate of drug-likeness (QED) is 0.793. The van der Waals surface area contributed by atoms with Crippen molar-refractivity contribution in [2.45, 2.75) is 23.8 Å². The second-order valence-electron chi connectivity index (χ2n) is 6.45. The topological polar surface area (TPSA) is 75.7 Å². The maximum absolute atomic E-state index is 13.5. The molecule has 0 saturated carbocycles. The molecule has 0 unspecified atom stereocenters. The molecule has 2 aromatic carbocycles. The molecule has 2 aromatic rings. The molecule has 1 fully saturated rings. The molecule has 0 aromatic heterocycles. The fourth-order valence-electron chi connectivity index (χ4n) is 2.94. The molecule has 0 spiro atoms. The molecule has 150 valence electrons. The Bertz CT molecular complexity index is 927. The highest BCUT2D eigenvalue weighted by Crippen LogP contribution is 2.18. The van der Waals surface area contributed by atoms with Crippen molar-refractivity contribution in [2.75, 3.05) is 19.7 Å². The number of piperidine rings is 1. The predicted molar refractivity (Wildman–Crippen MR) is 98.2 cm³/mol. The third kappa shape index (κ3) is 5.05. The number of sulfonamides is 1. The van der Waals surface area contributed by atoms with E-state index in [9.17, 15) is 22.0 Å². The zero-order valence-electron chi connectivity index (χ0n) is 15.0. The normalized spacial score (nSPS) is 15.4. The molecule has 1 N–H and O–H groups in total. The largest absolute Gasteiger partial charge is 0.481 e. The number of hydrogen-bond donors (Lipinski definition) is 1. The third-order valence-corrected chi connectivity index (χ3v) is 6.02. The van der Waals surface area contributed by atoms with Crippen LogP contribution >= 0.6 is 0 Å². The first kappa shape index (κ1) is 20.2. The molecule has 1 aliphatic rings. The van der Waals surface area contributed by atoms with E-state index >= 15 is 0 Å². The van der Waals surface area contributed by atoms with Gasteiger partial charge in [-0.15, -0.1) is 0 Å². The summed E-state index contributed by atoms with van der Waals surface area (Å²) in [6, 6.07) is 10.1. The van der Waals surface area contributed by atoms with E-state index in [1.54, 1.807) is 11.0 Å². The third-order valence-electron chi connectivity index (χ3n) is 4.48. The number of likely N-dealkylation sites (tertiary alicyclic amines) is 1. The van der Waals surface area contributed by atoms with Crippen molar-refractivity contribution < 1.29 is 26.7 Å². The number of amides is 1. The van der Waals surface area contributed by atoms with Crippen LogP contribution < -0.4 is 9.46 Å². The van der Waals surface area contributed by atoms with Crippen LogP contribution in [0.1, 0.15) is 12.8 Å². The second kappa shape index (κ2) is 8.66. The summed E-state index contributed by atoms with van der Waals surface area (Å²) in [6.07, 6.45) is 0.873. The summed E-state index contributed by atoms with van der Waals surface area (Å²) >= 11 is 0. The Balaban J connectivity index is 1.49. The number of carbonyl (C=O) groups excluding carboxylic acids is 1. The Kier molecular flexibility index (Phi) is 6.25. The van der Waals surface area contributed by atoms with Crippen molar-refractivity contribution in [1.82, 2.24) is 9.62 Å². The summed E-state index contributed by atoms with van der Waals surface area (Å²) in [7, 11) is -3.75. The number of hydrogen-bond acceptors (Lipinski definition) is 4. The first-order valence-electron chi connectivity index (χ1n) is 8.78. The minimum atomic E-state index is -3.75. The number of benzene rings is 2. The van der Waals surface area contributed by atoms with Crippen LogP contribution in [0.3, 0.4) is 0 Å². The van der Waals surface area contributed by atoms with Crippen molar-refractivity contribution in [3.63, 3.8) is 0 Å². The number of nitrogens with one attached hydrogen (secondary N) is 1. The number of ether oxygens (including phenoxy) is 1. The molecule has 1 aliphatic heterocycles. The average molecular weight is 410 g/mol. The zero-order valence-corrected chi connectivity index (χ0v) is 15.8. The van der Waals surface area contributed by atoms with Gasteiger partial charge in [0.2, 0.25) is 10.0 Å². The van der Waals surface area contributed by atoms with Crippen molar-refractivity contribution in [1.29, 1.82) is 0 Å². The molecular formula is C19H20F2N2O4S. The lowest BCUT2D eigenvalue weighted by molar-refractivity contribution is -0.134. The highest BCUT2D eigenvalue weighted by atomic mass is 32.2. The van der Waals surface area contributed by atoms with Crippen LogP contribution in [0.25, 0.3) is 0 Å². The van der Waals surface area contributed by atoms with Gasteiger partial charge in [0.1, 0.15) is 5.82 Å². The van der Waals surface area contributed by atoms with Gasteiger partial charge in [-0.3, -0.25) is 4.79 Å². The molecule has 1 heterocycles. The number of rotatable bonds is 6. The van der Waals surface area contributed by atoms with Gasteiger partial charge in [0.15, 0.2) is 18.2 Å². The van der Waals surface area contributed by atoms with Crippen LogP contribution in [0, 0.1) is 11.6 Å². The maximum Gasteiger partial charge on any atom is 0.260 e. The SMILES string of the molecule is O=C(COc1ccccc1F)N1CCC(NS(=O)(=O)c2ccc(F)cc2)CC1. The Morgan fingerprint density at radius 1 is 1.07 bits per heavy atom. The Morgan fingerprint density at radius 2 is 1.71 bits per heavy atom. The van der Waals surface area contributed by atoms with Gasteiger partial charge in [0, 0.05) is 19.1 Å². The van der Waals surface area contributed by atoms with Gasteiger partial charge in [-0.05, 0) is 49.2 Å². The van der Waals surface area contributed by atoms with Crippen LogP contribution in [0.15, 0.2) is 53.4 Å². The zero-order chi connectivity index (χ0) is 20.1. The van der Waals surface area contributed by atoms with Gasteiger partial charge >= 0.3 is 0 Å². The highest BCUT2D eigenvalue weighted by Gasteiger charge is 2.27. The van der Waals surface area contributed by atoms with E-state index in [2.05, 4.69) is 4.72 Å². The van der Waals surface area contributed by atoms with Crippen LogP contribution in [0.4, 0.5) is 8.78 Å². The smallest absolute Gasteiger partial charge is 0.260 e. The van der Waals surface area contributed by atoms with E-state index < -0.39 is 21.7 Å². The minimum absolute atomic E-state index is 0.00862. The van der Waals surface area contributed by atoms with Gasteiger partial charge in [0.05, 0.1) is 4.90 Å². The fraction of sp³-hybridized carbons (Fsp3) is 0.316. The van der Waals surface area contributed by atoms with Gasteiger partial charge in [-0.25, -0.2) is 21.9 Å². The molecule has 0 bridgehead atoms. The lowest BCUT2D eigenvalue weighted by Gasteiger charge is -2.32. The van der Waals surface area contributed by atoms with Crippen molar-refractivity contribution in [2.24, 2.45) is 0 Å². The molecule has 28 heavy (non-hydrogen) atoms. The summed E-state index contributed by atoms with van der Waals surface area (Å²) in [5.74, 6) is -1.33. The van der Waals surface area contributed by atoms with E-state index in [0.29, 0.717) is 25.9 Å². The summed E-state index contributed by atoms with van der Waals surface area (Å²) in [4.78, 5) is 13.8. The summed E-state index contributed by atoms with van der Waals surface area (Å²) in [5.41, 5.74) is 0. The summed E-state index contributed by atoms with van der Waals surface area (Å²) in [5, 5.41) is 0. The average Bonchev–Trinajstić information content (AvgIpc) is 2.68. The minimum Gasteiger partial charge on any atom is -0.481 e. The van der Waals surface area contributed by atoms with Crippen LogP contribution in [-0.2, 0) is 14.8 Å². The van der Waals surface area contributed by atoms with Crippen LogP contribution in [0.2, 0.25) is 0 Å². The first-order chi connectivity index (χ1) is 13.3. The van der Waals surface area contributed by atoms with E-state index in [0.717, 1.165) is 12.1 Å².